The van der Waals surface area contributed by atoms with Crippen molar-refractivity contribution in [2.45, 2.75) is 13.5 Å². The van der Waals surface area contributed by atoms with Gasteiger partial charge in [-0.05, 0) is 43.4 Å². The van der Waals surface area contributed by atoms with E-state index in [-0.39, 0.29) is 6.61 Å². The van der Waals surface area contributed by atoms with Gasteiger partial charge < -0.3 is 9.15 Å². The zero-order chi connectivity index (χ0) is 18.0. The molecule has 0 atom stereocenters. The summed E-state index contributed by atoms with van der Waals surface area (Å²) in [4.78, 5) is 0. The standard InChI is InChI=1S/C15H11Cl3N4O2S/c1-8-20-21-15(25)22(8)19-6-10-2-3-11(24-10)7-23-14-12(17)4-9(16)5-13(14)18/h2-6H,7H2,1H3,(H,21,25)/b19-6-. The molecule has 10 heteroatoms. The van der Waals surface area contributed by atoms with Crippen LogP contribution >= 0.6 is 47.0 Å². The number of furan rings is 1. The number of rotatable bonds is 5. The topological polar surface area (TPSA) is 68.3 Å². The van der Waals surface area contributed by atoms with E-state index in [2.05, 4.69) is 15.3 Å². The van der Waals surface area contributed by atoms with Gasteiger partial charge in [0.25, 0.3) is 0 Å². The molecule has 0 aliphatic rings. The van der Waals surface area contributed by atoms with Gasteiger partial charge >= 0.3 is 0 Å². The fourth-order valence-corrected chi connectivity index (χ4v) is 3.12. The fraction of sp³-hybridized carbons (Fsp3) is 0.133. The second kappa shape index (κ2) is 7.61. The molecule has 0 bridgehead atoms. The highest BCUT2D eigenvalue weighted by Crippen LogP contribution is 2.36. The molecule has 3 aromatic rings. The van der Waals surface area contributed by atoms with E-state index >= 15 is 0 Å². The molecular formula is C15H11Cl3N4O2S. The average molecular weight is 418 g/mol. The molecular weight excluding hydrogens is 407 g/mol. The summed E-state index contributed by atoms with van der Waals surface area (Å²) in [6.07, 6.45) is 1.53. The van der Waals surface area contributed by atoms with Crippen molar-refractivity contribution in [3.63, 3.8) is 0 Å². The number of halogens is 3. The van der Waals surface area contributed by atoms with E-state index < -0.39 is 0 Å². The minimum atomic E-state index is 0.152. The number of aryl methyl sites for hydroxylation is 1. The zero-order valence-electron chi connectivity index (χ0n) is 12.8. The molecule has 0 aliphatic heterocycles. The third-order valence-corrected chi connectivity index (χ3v) is 4.16. The Kier molecular flexibility index (Phi) is 5.48. The SMILES string of the molecule is Cc1n[nH]c(=S)n1/N=C\c1ccc(COc2c(Cl)cc(Cl)cc2Cl)o1. The summed E-state index contributed by atoms with van der Waals surface area (Å²) < 4.78 is 13.1. The lowest BCUT2D eigenvalue weighted by molar-refractivity contribution is 0.270. The van der Waals surface area contributed by atoms with Crippen molar-refractivity contribution in [3.8, 4) is 5.75 Å². The third kappa shape index (κ3) is 4.24. The van der Waals surface area contributed by atoms with E-state index in [9.17, 15) is 0 Å². The van der Waals surface area contributed by atoms with Crippen molar-refractivity contribution in [2.75, 3.05) is 0 Å². The molecule has 6 nitrogen and oxygen atoms in total. The van der Waals surface area contributed by atoms with Gasteiger partial charge in [-0.15, -0.1) is 0 Å². The molecule has 0 amide bonds. The van der Waals surface area contributed by atoms with Crippen LogP contribution < -0.4 is 4.74 Å². The number of hydrogen-bond donors (Lipinski definition) is 1. The van der Waals surface area contributed by atoms with E-state index in [1.54, 1.807) is 31.2 Å². The first-order valence-corrected chi connectivity index (χ1v) is 8.52. The molecule has 3 rings (SSSR count). The number of ether oxygens (including phenoxy) is 1. The van der Waals surface area contributed by atoms with E-state index in [1.165, 1.54) is 10.9 Å². The summed E-state index contributed by atoms with van der Waals surface area (Å²) in [5.41, 5.74) is 0. The van der Waals surface area contributed by atoms with Gasteiger partial charge in [-0.25, -0.2) is 0 Å². The number of nitrogens with one attached hydrogen (secondary N) is 1. The van der Waals surface area contributed by atoms with Crippen LogP contribution in [0.1, 0.15) is 17.3 Å². The minimum Gasteiger partial charge on any atom is -0.483 e. The summed E-state index contributed by atoms with van der Waals surface area (Å²) in [5.74, 6) is 2.11. The maximum atomic E-state index is 6.08. The molecule has 0 radical (unpaired) electrons. The molecule has 0 spiro atoms. The Morgan fingerprint density at radius 2 is 2.04 bits per heavy atom. The van der Waals surface area contributed by atoms with Crippen LogP contribution in [0.4, 0.5) is 0 Å². The number of hydrogen-bond acceptors (Lipinski definition) is 5. The Labute approximate surface area is 163 Å². The smallest absolute Gasteiger partial charge is 0.216 e. The van der Waals surface area contributed by atoms with Crippen LogP contribution in [-0.2, 0) is 6.61 Å². The molecule has 0 saturated carbocycles. The second-order valence-electron chi connectivity index (χ2n) is 4.92. The van der Waals surface area contributed by atoms with Gasteiger partial charge in [0.1, 0.15) is 24.0 Å². The van der Waals surface area contributed by atoms with E-state index in [0.29, 0.717) is 42.9 Å². The summed E-state index contributed by atoms with van der Waals surface area (Å²) >= 11 is 23.1. The number of nitrogens with zero attached hydrogens (tertiary/aromatic N) is 3. The molecule has 25 heavy (non-hydrogen) atoms. The lowest BCUT2D eigenvalue weighted by atomic mass is 10.3. The lowest BCUT2D eigenvalue weighted by Gasteiger charge is -2.08. The van der Waals surface area contributed by atoms with E-state index in [4.69, 9.17) is 56.2 Å². The molecule has 0 saturated heterocycles. The minimum absolute atomic E-state index is 0.152. The van der Waals surface area contributed by atoms with Crippen molar-refractivity contribution in [2.24, 2.45) is 5.10 Å². The Morgan fingerprint density at radius 3 is 2.68 bits per heavy atom. The molecule has 2 aromatic heterocycles. The zero-order valence-corrected chi connectivity index (χ0v) is 15.9. The fourth-order valence-electron chi connectivity index (χ4n) is 1.97. The highest BCUT2D eigenvalue weighted by atomic mass is 35.5. The van der Waals surface area contributed by atoms with Crippen LogP contribution in [0.25, 0.3) is 0 Å². The largest absolute Gasteiger partial charge is 0.483 e. The van der Waals surface area contributed by atoms with Gasteiger partial charge in [-0.2, -0.15) is 14.9 Å². The first-order chi connectivity index (χ1) is 11.9. The molecule has 0 unspecified atom stereocenters. The average Bonchev–Trinajstić information content (AvgIpc) is 3.11. The number of aromatic amines is 1. The first-order valence-electron chi connectivity index (χ1n) is 6.98. The van der Waals surface area contributed by atoms with Gasteiger partial charge in [-0.3, -0.25) is 5.10 Å². The van der Waals surface area contributed by atoms with Crippen LogP contribution in [0.3, 0.4) is 0 Å². The molecule has 130 valence electrons. The number of benzene rings is 1. The number of H-pyrrole nitrogens is 1. The molecule has 0 fully saturated rings. The van der Waals surface area contributed by atoms with Crippen molar-refractivity contribution >= 4 is 53.2 Å². The van der Waals surface area contributed by atoms with Crippen molar-refractivity contribution in [1.29, 1.82) is 0 Å². The molecule has 2 heterocycles. The maximum Gasteiger partial charge on any atom is 0.216 e. The predicted octanol–water partition coefficient (Wildman–Crippen LogP) is 5.26. The van der Waals surface area contributed by atoms with Gasteiger partial charge in [0.2, 0.25) is 4.77 Å². The summed E-state index contributed by atoms with van der Waals surface area (Å²) in [5, 5.41) is 11.9. The quantitative estimate of drug-likeness (QED) is 0.454. The maximum absolute atomic E-state index is 6.08. The highest BCUT2D eigenvalue weighted by molar-refractivity contribution is 7.71. The lowest BCUT2D eigenvalue weighted by Crippen LogP contribution is -1.95. The van der Waals surface area contributed by atoms with E-state index in [1.807, 2.05) is 0 Å². The van der Waals surface area contributed by atoms with Crippen LogP contribution in [0.2, 0.25) is 15.1 Å². The third-order valence-electron chi connectivity index (χ3n) is 3.12. The summed E-state index contributed by atoms with van der Waals surface area (Å²) in [6, 6.07) is 6.63. The molecule has 1 N–H and O–H groups in total. The number of aromatic nitrogens is 3. The van der Waals surface area contributed by atoms with Crippen LogP contribution in [-0.4, -0.2) is 21.1 Å². The van der Waals surface area contributed by atoms with Crippen molar-refractivity contribution in [1.82, 2.24) is 14.9 Å². The first kappa shape index (κ1) is 18.0. The van der Waals surface area contributed by atoms with E-state index in [0.717, 1.165) is 0 Å². The van der Waals surface area contributed by atoms with Crippen LogP contribution in [0, 0.1) is 11.7 Å². The Morgan fingerprint density at radius 1 is 1.32 bits per heavy atom. The van der Waals surface area contributed by atoms with Gasteiger partial charge in [0.05, 0.1) is 16.3 Å². The van der Waals surface area contributed by atoms with Gasteiger partial charge in [0.15, 0.2) is 5.75 Å². The summed E-state index contributed by atoms with van der Waals surface area (Å²) in [6.45, 7) is 1.93. The Hall–Kier alpha value is -1.80. The van der Waals surface area contributed by atoms with Crippen LogP contribution in [0.15, 0.2) is 33.8 Å². The monoisotopic (exact) mass is 416 g/mol. The second-order valence-corrected chi connectivity index (χ2v) is 6.56. The van der Waals surface area contributed by atoms with Crippen molar-refractivity contribution < 1.29 is 9.15 Å². The van der Waals surface area contributed by atoms with Crippen molar-refractivity contribution in [3.05, 3.63) is 61.4 Å². The molecule has 1 aromatic carbocycles. The van der Waals surface area contributed by atoms with Crippen LogP contribution in [0.5, 0.6) is 5.75 Å². The molecule has 0 aliphatic carbocycles. The predicted molar refractivity (Wildman–Crippen MR) is 99.7 cm³/mol. The Bertz CT molecular complexity index is 970. The highest BCUT2D eigenvalue weighted by Gasteiger charge is 2.10. The summed E-state index contributed by atoms with van der Waals surface area (Å²) in [7, 11) is 0. The van der Waals surface area contributed by atoms with Gasteiger partial charge in [0, 0.05) is 5.02 Å². The Balaban J connectivity index is 1.69. The normalized spacial score (nSPS) is 11.4. The van der Waals surface area contributed by atoms with Gasteiger partial charge in [-0.1, -0.05) is 34.8 Å².